The molecule has 0 spiro atoms. The highest BCUT2D eigenvalue weighted by molar-refractivity contribution is 7.09. The zero-order valence-corrected chi connectivity index (χ0v) is 17.8. The molecule has 150 valence electrons. The molecule has 5 nitrogen and oxygen atoms in total. The molecule has 0 fully saturated rings. The van der Waals surface area contributed by atoms with E-state index >= 15 is 0 Å². The number of amides is 1. The van der Waals surface area contributed by atoms with Gasteiger partial charge in [-0.1, -0.05) is 29.8 Å². The standard InChI is InChI=1S/C22H21ClN2O3S/c1-14-22(26)25(12-16-5-3-4-6-17(16)23)19-11-15(7-8-20(19)28-14)18-13-29-21(24-18)9-10-27-2/h3-8,11,13-14H,9-10,12H2,1-2H3. The summed E-state index contributed by atoms with van der Waals surface area (Å²) >= 11 is 7.95. The highest BCUT2D eigenvalue weighted by atomic mass is 35.5. The first-order chi connectivity index (χ1) is 14.1. The third-order valence-corrected chi connectivity index (χ3v) is 6.10. The molecule has 3 aromatic rings. The number of halogens is 1. The molecule has 0 radical (unpaired) electrons. The molecule has 0 saturated heterocycles. The second-order valence-corrected chi connectivity index (χ2v) is 8.18. The van der Waals surface area contributed by atoms with Crippen molar-refractivity contribution in [2.24, 2.45) is 0 Å². The van der Waals surface area contributed by atoms with E-state index in [1.54, 1.807) is 30.3 Å². The van der Waals surface area contributed by atoms with Gasteiger partial charge in [-0.2, -0.15) is 0 Å². The Morgan fingerprint density at radius 1 is 1.28 bits per heavy atom. The number of rotatable bonds is 6. The fourth-order valence-corrected chi connectivity index (χ4v) is 4.26. The minimum absolute atomic E-state index is 0.0892. The zero-order valence-electron chi connectivity index (χ0n) is 16.2. The van der Waals surface area contributed by atoms with E-state index < -0.39 is 6.10 Å². The SMILES string of the molecule is COCCc1nc(-c2ccc3c(c2)N(Cc2ccccc2Cl)C(=O)C(C)O3)cs1. The maximum absolute atomic E-state index is 12.9. The Labute approximate surface area is 178 Å². The molecule has 0 saturated carbocycles. The predicted molar refractivity (Wildman–Crippen MR) is 116 cm³/mol. The fourth-order valence-electron chi connectivity index (χ4n) is 3.27. The second kappa shape index (κ2) is 8.53. The van der Waals surface area contributed by atoms with Crippen LogP contribution in [-0.4, -0.2) is 30.7 Å². The van der Waals surface area contributed by atoms with E-state index in [1.807, 2.05) is 47.8 Å². The van der Waals surface area contributed by atoms with Gasteiger partial charge in [0.2, 0.25) is 0 Å². The summed E-state index contributed by atoms with van der Waals surface area (Å²) < 4.78 is 11.0. The van der Waals surface area contributed by atoms with Crippen LogP contribution in [0.1, 0.15) is 17.5 Å². The predicted octanol–water partition coefficient (Wildman–Crippen LogP) is 4.97. The number of methoxy groups -OCH3 is 1. The first-order valence-electron chi connectivity index (χ1n) is 9.36. The van der Waals surface area contributed by atoms with Gasteiger partial charge in [-0.3, -0.25) is 4.79 Å². The van der Waals surface area contributed by atoms with E-state index in [-0.39, 0.29) is 5.91 Å². The molecular weight excluding hydrogens is 408 g/mol. The number of fused-ring (bicyclic) bond motifs is 1. The lowest BCUT2D eigenvalue weighted by molar-refractivity contribution is -0.125. The van der Waals surface area contributed by atoms with Gasteiger partial charge < -0.3 is 14.4 Å². The summed E-state index contributed by atoms with van der Waals surface area (Å²) in [5.74, 6) is 0.594. The number of nitrogens with zero attached hydrogens (tertiary/aromatic N) is 2. The Kier molecular flexibility index (Phi) is 5.85. The van der Waals surface area contributed by atoms with Crippen molar-refractivity contribution in [1.29, 1.82) is 0 Å². The number of carbonyl (C=O) groups excluding carboxylic acids is 1. The summed E-state index contributed by atoms with van der Waals surface area (Å²) in [5, 5.41) is 3.69. The van der Waals surface area contributed by atoms with Crippen LogP contribution in [0.4, 0.5) is 5.69 Å². The van der Waals surface area contributed by atoms with Crippen LogP contribution in [0, 0.1) is 0 Å². The van der Waals surface area contributed by atoms with Crippen molar-refractivity contribution < 1.29 is 14.3 Å². The zero-order chi connectivity index (χ0) is 20.4. The molecule has 2 aromatic carbocycles. The van der Waals surface area contributed by atoms with Crippen LogP contribution in [0.15, 0.2) is 47.8 Å². The van der Waals surface area contributed by atoms with Crippen molar-refractivity contribution in [3.05, 3.63) is 63.4 Å². The van der Waals surface area contributed by atoms with Crippen molar-refractivity contribution in [3.8, 4) is 17.0 Å². The molecule has 1 unspecified atom stereocenters. The molecule has 0 bridgehead atoms. The maximum atomic E-state index is 12.9. The van der Waals surface area contributed by atoms with Gasteiger partial charge in [0.05, 0.1) is 29.5 Å². The minimum atomic E-state index is -0.546. The van der Waals surface area contributed by atoms with E-state index in [4.69, 9.17) is 26.1 Å². The van der Waals surface area contributed by atoms with Gasteiger partial charge in [0, 0.05) is 29.5 Å². The first kappa shape index (κ1) is 19.9. The average molecular weight is 429 g/mol. The summed E-state index contributed by atoms with van der Waals surface area (Å²) in [4.78, 5) is 19.3. The molecule has 1 aromatic heterocycles. The van der Waals surface area contributed by atoms with Gasteiger partial charge >= 0.3 is 0 Å². The largest absolute Gasteiger partial charge is 0.479 e. The molecule has 1 atom stereocenters. The quantitative estimate of drug-likeness (QED) is 0.556. The number of anilines is 1. The number of hydrogen-bond acceptors (Lipinski definition) is 5. The minimum Gasteiger partial charge on any atom is -0.479 e. The Morgan fingerprint density at radius 2 is 2.10 bits per heavy atom. The second-order valence-electron chi connectivity index (χ2n) is 6.83. The third kappa shape index (κ3) is 4.15. The van der Waals surface area contributed by atoms with Crippen LogP contribution in [-0.2, 0) is 22.5 Å². The van der Waals surface area contributed by atoms with E-state index in [1.165, 1.54) is 0 Å². The number of ether oxygens (including phenoxy) is 2. The van der Waals surface area contributed by atoms with Gasteiger partial charge in [-0.05, 0) is 36.8 Å². The van der Waals surface area contributed by atoms with E-state index in [0.29, 0.717) is 23.9 Å². The Bertz CT molecular complexity index is 1040. The molecule has 0 N–H and O–H groups in total. The van der Waals surface area contributed by atoms with Gasteiger partial charge in [0.1, 0.15) is 5.75 Å². The number of hydrogen-bond donors (Lipinski definition) is 0. The van der Waals surface area contributed by atoms with Crippen LogP contribution < -0.4 is 9.64 Å². The van der Waals surface area contributed by atoms with Gasteiger partial charge in [0.15, 0.2) is 6.10 Å². The van der Waals surface area contributed by atoms with Crippen molar-refractivity contribution in [2.45, 2.75) is 26.0 Å². The summed E-state index contributed by atoms with van der Waals surface area (Å²) in [7, 11) is 1.68. The van der Waals surface area contributed by atoms with Gasteiger partial charge in [-0.15, -0.1) is 11.3 Å². The first-order valence-corrected chi connectivity index (χ1v) is 10.6. The van der Waals surface area contributed by atoms with E-state index in [9.17, 15) is 4.79 Å². The van der Waals surface area contributed by atoms with Crippen molar-refractivity contribution >= 4 is 34.5 Å². The van der Waals surface area contributed by atoms with Crippen LogP contribution in [0.2, 0.25) is 5.02 Å². The highest BCUT2D eigenvalue weighted by Gasteiger charge is 2.32. The number of benzene rings is 2. The fraction of sp³-hybridized carbons (Fsp3) is 0.273. The van der Waals surface area contributed by atoms with Crippen LogP contribution in [0.5, 0.6) is 5.75 Å². The normalized spacial score (nSPS) is 15.9. The molecular formula is C22H21ClN2O3S. The summed E-state index contributed by atoms with van der Waals surface area (Å²) in [6.45, 7) is 2.79. The smallest absolute Gasteiger partial charge is 0.268 e. The molecule has 0 aliphatic carbocycles. The molecule has 1 aliphatic rings. The Balaban J connectivity index is 1.69. The van der Waals surface area contributed by atoms with Crippen LogP contribution in [0.3, 0.4) is 0 Å². The molecule has 1 amide bonds. The Hall–Kier alpha value is -2.41. The molecule has 29 heavy (non-hydrogen) atoms. The number of aromatic nitrogens is 1. The van der Waals surface area contributed by atoms with E-state index in [0.717, 1.165) is 33.9 Å². The number of thiazole rings is 1. The van der Waals surface area contributed by atoms with Crippen molar-refractivity contribution in [1.82, 2.24) is 4.98 Å². The number of carbonyl (C=O) groups is 1. The van der Waals surface area contributed by atoms with Gasteiger partial charge in [0.25, 0.3) is 5.91 Å². The third-order valence-electron chi connectivity index (χ3n) is 4.82. The molecule has 4 rings (SSSR count). The summed E-state index contributed by atoms with van der Waals surface area (Å²) in [5.41, 5.74) is 3.45. The lowest BCUT2D eigenvalue weighted by Crippen LogP contribution is -2.44. The molecule has 1 aliphatic heterocycles. The monoisotopic (exact) mass is 428 g/mol. The maximum Gasteiger partial charge on any atom is 0.268 e. The van der Waals surface area contributed by atoms with Crippen LogP contribution >= 0.6 is 22.9 Å². The highest BCUT2D eigenvalue weighted by Crippen LogP contribution is 2.39. The topological polar surface area (TPSA) is 51.7 Å². The van der Waals surface area contributed by atoms with Crippen molar-refractivity contribution in [2.75, 3.05) is 18.6 Å². The lowest BCUT2D eigenvalue weighted by atomic mass is 10.1. The molecule has 2 heterocycles. The van der Waals surface area contributed by atoms with Gasteiger partial charge in [-0.25, -0.2) is 4.98 Å². The lowest BCUT2D eigenvalue weighted by Gasteiger charge is -2.33. The van der Waals surface area contributed by atoms with E-state index in [2.05, 4.69) is 0 Å². The van der Waals surface area contributed by atoms with Crippen LogP contribution in [0.25, 0.3) is 11.3 Å². The molecule has 7 heteroatoms. The van der Waals surface area contributed by atoms with Crippen molar-refractivity contribution in [3.63, 3.8) is 0 Å². The summed E-state index contributed by atoms with van der Waals surface area (Å²) in [6.07, 6.45) is 0.236. The average Bonchev–Trinajstić information content (AvgIpc) is 3.20. The summed E-state index contributed by atoms with van der Waals surface area (Å²) in [6, 6.07) is 13.4. The Morgan fingerprint density at radius 3 is 2.90 bits per heavy atom.